The van der Waals surface area contributed by atoms with Crippen LogP contribution in [-0.4, -0.2) is 22.2 Å². The van der Waals surface area contributed by atoms with E-state index in [0.29, 0.717) is 25.7 Å². The van der Waals surface area contributed by atoms with E-state index in [0.717, 1.165) is 6.42 Å². The summed E-state index contributed by atoms with van der Waals surface area (Å²) < 4.78 is 0. The highest BCUT2D eigenvalue weighted by Crippen LogP contribution is 2.33. The number of carboxylic acids is 2. The van der Waals surface area contributed by atoms with E-state index in [1.54, 1.807) is 20.8 Å². The Hall–Kier alpha value is -1.06. The number of carbonyl (C=O) groups is 2. The van der Waals surface area contributed by atoms with Crippen molar-refractivity contribution in [1.29, 1.82) is 0 Å². The molecule has 4 heteroatoms. The first-order valence-corrected chi connectivity index (χ1v) is 6.12. The van der Waals surface area contributed by atoms with Gasteiger partial charge in [-0.05, 0) is 40.0 Å². The molecule has 0 aliphatic heterocycles. The zero-order valence-electron chi connectivity index (χ0n) is 11.2. The van der Waals surface area contributed by atoms with Gasteiger partial charge in [0.15, 0.2) is 0 Å². The van der Waals surface area contributed by atoms with Crippen LogP contribution in [0.2, 0.25) is 0 Å². The van der Waals surface area contributed by atoms with Crippen LogP contribution in [0.1, 0.15) is 59.8 Å². The molecule has 1 unspecified atom stereocenters. The summed E-state index contributed by atoms with van der Waals surface area (Å²) in [6.45, 7) is 7.05. The molecule has 0 aliphatic carbocycles. The maximum absolute atomic E-state index is 11.2. The van der Waals surface area contributed by atoms with Gasteiger partial charge in [0.05, 0.1) is 10.8 Å². The van der Waals surface area contributed by atoms with E-state index in [4.69, 9.17) is 5.11 Å². The molecule has 0 aliphatic rings. The highest BCUT2D eigenvalue weighted by Gasteiger charge is 2.33. The second-order valence-electron chi connectivity index (χ2n) is 5.66. The van der Waals surface area contributed by atoms with Crippen LogP contribution in [0, 0.1) is 10.8 Å². The van der Waals surface area contributed by atoms with E-state index in [9.17, 15) is 14.7 Å². The van der Waals surface area contributed by atoms with Crippen LogP contribution in [0.3, 0.4) is 0 Å². The lowest BCUT2D eigenvalue weighted by Crippen LogP contribution is -2.29. The summed E-state index contributed by atoms with van der Waals surface area (Å²) in [5.41, 5.74) is -1.49. The number of rotatable bonds is 8. The molecule has 4 nitrogen and oxygen atoms in total. The minimum absolute atomic E-state index is 0.509. The molecule has 2 N–H and O–H groups in total. The lowest BCUT2D eigenvalue weighted by molar-refractivity contribution is -0.149. The van der Waals surface area contributed by atoms with Crippen LogP contribution in [-0.2, 0) is 9.59 Å². The monoisotopic (exact) mass is 244 g/mol. The topological polar surface area (TPSA) is 74.6 Å². The Morgan fingerprint density at radius 1 is 0.941 bits per heavy atom. The molecule has 0 saturated carbocycles. The second-order valence-corrected chi connectivity index (χ2v) is 5.66. The summed E-state index contributed by atoms with van der Waals surface area (Å²) in [6, 6.07) is 0. The zero-order chi connectivity index (χ0) is 13.7. The molecule has 100 valence electrons. The van der Waals surface area contributed by atoms with Gasteiger partial charge in [0.2, 0.25) is 0 Å². The van der Waals surface area contributed by atoms with Crippen molar-refractivity contribution in [2.45, 2.75) is 59.8 Å². The second kappa shape index (κ2) is 6.03. The first kappa shape index (κ1) is 15.9. The fraction of sp³-hybridized carbons (Fsp3) is 0.846. The van der Waals surface area contributed by atoms with E-state index in [-0.39, 0.29) is 0 Å². The molecule has 0 aromatic carbocycles. The summed E-state index contributed by atoms with van der Waals surface area (Å²) in [5, 5.41) is 18.2. The molecule has 17 heavy (non-hydrogen) atoms. The first-order chi connectivity index (χ1) is 7.65. The average molecular weight is 244 g/mol. The zero-order valence-corrected chi connectivity index (χ0v) is 11.2. The van der Waals surface area contributed by atoms with E-state index < -0.39 is 22.8 Å². The van der Waals surface area contributed by atoms with Crippen molar-refractivity contribution in [3.63, 3.8) is 0 Å². The minimum atomic E-state index is -0.829. The normalized spacial score (nSPS) is 15.3. The Bertz CT molecular complexity index is 283. The van der Waals surface area contributed by atoms with Gasteiger partial charge in [-0.25, -0.2) is 0 Å². The molecular formula is C13H24O4. The van der Waals surface area contributed by atoms with Crippen LogP contribution in [0.25, 0.3) is 0 Å². The van der Waals surface area contributed by atoms with Crippen molar-refractivity contribution in [3.05, 3.63) is 0 Å². The van der Waals surface area contributed by atoms with Crippen molar-refractivity contribution >= 4 is 11.9 Å². The predicted octanol–water partition coefficient (Wildman–Crippen LogP) is 3.16. The number of hydrogen-bond acceptors (Lipinski definition) is 2. The number of aliphatic carboxylic acids is 2. The fourth-order valence-corrected chi connectivity index (χ4v) is 1.92. The van der Waals surface area contributed by atoms with Gasteiger partial charge >= 0.3 is 11.9 Å². The molecule has 1 atom stereocenters. The van der Waals surface area contributed by atoms with Crippen LogP contribution >= 0.6 is 0 Å². The molecule has 0 saturated heterocycles. The van der Waals surface area contributed by atoms with Crippen LogP contribution in [0.5, 0.6) is 0 Å². The summed E-state index contributed by atoms with van der Waals surface area (Å²) in [5.74, 6) is -1.61. The molecule has 0 rings (SSSR count). The summed E-state index contributed by atoms with van der Waals surface area (Å²) in [4.78, 5) is 22.1. The van der Waals surface area contributed by atoms with Crippen molar-refractivity contribution in [3.8, 4) is 0 Å². The molecule has 0 bridgehead atoms. The number of carboxylic acid groups (broad SMARTS) is 2. The smallest absolute Gasteiger partial charge is 0.309 e. The Kier molecular flexibility index (Phi) is 5.66. The van der Waals surface area contributed by atoms with E-state index in [2.05, 4.69) is 0 Å². The highest BCUT2D eigenvalue weighted by molar-refractivity contribution is 5.74. The maximum Gasteiger partial charge on any atom is 0.309 e. The lowest BCUT2D eigenvalue weighted by atomic mass is 9.78. The highest BCUT2D eigenvalue weighted by atomic mass is 16.4. The van der Waals surface area contributed by atoms with Gasteiger partial charge in [0.1, 0.15) is 0 Å². The van der Waals surface area contributed by atoms with E-state index in [1.165, 1.54) is 0 Å². The lowest BCUT2D eigenvalue weighted by Gasteiger charge is -2.26. The van der Waals surface area contributed by atoms with Crippen molar-refractivity contribution in [2.75, 3.05) is 0 Å². The van der Waals surface area contributed by atoms with Gasteiger partial charge in [0, 0.05) is 0 Å². The molecular weight excluding hydrogens is 220 g/mol. The molecule has 0 spiro atoms. The van der Waals surface area contributed by atoms with Crippen molar-refractivity contribution in [1.82, 2.24) is 0 Å². The molecule has 0 fully saturated rings. The van der Waals surface area contributed by atoms with Crippen molar-refractivity contribution < 1.29 is 19.8 Å². The van der Waals surface area contributed by atoms with Gasteiger partial charge in [-0.1, -0.05) is 19.8 Å². The average Bonchev–Trinajstić information content (AvgIpc) is 2.17. The number of hydrogen-bond donors (Lipinski definition) is 2. The Morgan fingerprint density at radius 2 is 1.47 bits per heavy atom. The molecule has 0 amide bonds. The van der Waals surface area contributed by atoms with Crippen LogP contribution in [0.4, 0.5) is 0 Å². The third kappa shape index (κ3) is 4.75. The maximum atomic E-state index is 11.2. The predicted molar refractivity (Wildman–Crippen MR) is 65.9 cm³/mol. The fourth-order valence-electron chi connectivity index (χ4n) is 1.92. The molecule has 0 aromatic heterocycles. The third-order valence-corrected chi connectivity index (χ3v) is 3.43. The summed E-state index contributed by atoms with van der Waals surface area (Å²) in [6.07, 6.45) is 3.13. The third-order valence-electron chi connectivity index (χ3n) is 3.43. The molecule has 0 aromatic rings. The minimum Gasteiger partial charge on any atom is -0.481 e. The van der Waals surface area contributed by atoms with Crippen molar-refractivity contribution in [2.24, 2.45) is 10.8 Å². The van der Waals surface area contributed by atoms with Gasteiger partial charge in [-0.15, -0.1) is 0 Å². The Morgan fingerprint density at radius 3 is 1.82 bits per heavy atom. The molecule has 0 heterocycles. The van der Waals surface area contributed by atoms with Crippen LogP contribution < -0.4 is 0 Å². The SMILES string of the molecule is CCCC(C)(CCCC(C)(C)C(=O)O)C(=O)O. The quantitative estimate of drug-likeness (QED) is 0.687. The summed E-state index contributed by atoms with van der Waals surface area (Å²) >= 11 is 0. The van der Waals surface area contributed by atoms with Gasteiger partial charge in [-0.3, -0.25) is 9.59 Å². The van der Waals surface area contributed by atoms with E-state index in [1.807, 2.05) is 6.92 Å². The Balaban J connectivity index is 4.35. The van der Waals surface area contributed by atoms with Gasteiger partial charge in [-0.2, -0.15) is 0 Å². The van der Waals surface area contributed by atoms with E-state index >= 15 is 0 Å². The standard InChI is InChI=1S/C13H24O4/c1-5-7-13(4,11(16)17)9-6-8-12(2,3)10(14)15/h5-9H2,1-4H3,(H,14,15)(H,16,17). The summed E-state index contributed by atoms with van der Waals surface area (Å²) in [7, 11) is 0. The van der Waals surface area contributed by atoms with Crippen LogP contribution in [0.15, 0.2) is 0 Å². The molecule has 0 radical (unpaired) electrons. The first-order valence-electron chi connectivity index (χ1n) is 6.12. The van der Waals surface area contributed by atoms with Gasteiger partial charge < -0.3 is 10.2 Å². The van der Waals surface area contributed by atoms with Gasteiger partial charge in [0.25, 0.3) is 0 Å². The Labute approximate surface area is 103 Å². The largest absolute Gasteiger partial charge is 0.481 e.